The van der Waals surface area contributed by atoms with E-state index in [9.17, 15) is 19.6 Å². The number of benzene rings is 3. The van der Waals surface area contributed by atoms with E-state index in [1.54, 1.807) is 42.5 Å². The summed E-state index contributed by atoms with van der Waals surface area (Å²) >= 11 is 0. The Balaban J connectivity index is 2.01. The summed E-state index contributed by atoms with van der Waals surface area (Å²) in [5.74, 6) is -1.77. The van der Waals surface area contributed by atoms with Crippen LogP contribution in [0.1, 0.15) is 36.6 Å². The standard InChI is InChI=1S/C19H11NO4/c21-17(11-5-2-1-3-6-11)13-9-10-15-16-12(13)7-4-8-14(16)18(22)20(24)19(15)23/h1-10,24H. The monoisotopic (exact) mass is 317 g/mol. The molecule has 1 N–H and O–H groups in total. The summed E-state index contributed by atoms with van der Waals surface area (Å²) in [5.41, 5.74) is 1.34. The minimum atomic E-state index is -0.789. The van der Waals surface area contributed by atoms with Crippen LogP contribution in [0.2, 0.25) is 0 Å². The van der Waals surface area contributed by atoms with Gasteiger partial charge >= 0.3 is 0 Å². The molecule has 0 radical (unpaired) electrons. The molecule has 0 aromatic heterocycles. The molecule has 0 saturated carbocycles. The number of nitrogens with zero attached hydrogens (tertiary/aromatic N) is 1. The van der Waals surface area contributed by atoms with Gasteiger partial charge in [0, 0.05) is 16.5 Å². The molecule has 3 aromatic carbocycles. The van der Waals surface area contributed by atoms with Gasteiger partial charge in [-0.1, -0.05) is 42.5 Å². The Bertz CT molecular complexity index is 1000. The van der Waals surface area contributed by atoms with Crippen LogP contribution < -0.4 is 0 Å². The largest absolute Gasteiger partial charge is 0.289 e. The van der Waals surface area contributed by atoms with Crippen molar-refractivity contribution in [2.45, 2.75) is 0 Å². The summed E-state index contributed by atoms with van der Waals surface area (Å²) in [6.45, 7) is 0. The molecule has 1 heterocycles. The number of carbonyl (C=O) groups is 3. The molecule has 0 bridgehead atoms. The second kappa shape index (κ2) is 5.11. The highest BCUT2D eigenvalue weighted by Crippen LogP contribution is 2.32. The molecule has 0 aliphatic carbocycles. The lowest BCUT2D eigenvalue weighted by molar-refractivity contribution is -0.0377. The van der Waals surface area contributed by atoms with E-state index in [2.05, 4.69) is 0 Å². The first-order chi connectivity index (χ1) is 11.6. The topological polar surface area (TPSA) is 74.7 Å². The Morgan fingerprint density at radius 1 is 0.792 bits per heavy atom. The second-order valence-electron chi connectivity index (χ2n) is 5.51. The molecule has 2 amide bonds. The van der Waals surface area contributed by atoms with Gasteiger partial charge in [0.15, 0.2) is 5.78 Å². The lowest BCUT2D eigenvalue weighted by atomic mass is 9.89. The molecule has 1 aliphatic heterocycles. The van der Waals surface area contributed by atoms with Gasteiger partial charge in [-0.2, -0.15) is 0 Å². The smallest absolute Gasteiger partial charge is 0.285 e. The van der Waals surface area contributed by atoms with E-state index in [1.807, 2.05) is 6.07 Å². The summed E-state index contributed by atoms with van der Waals surface area (Å²) in [6.07, 6.45) is 0. The van der Waals surface area contributed by atoms with Crippen molar-refractivity contribution < 1.29 is 19.6 Å². The van der Waals surface area contributed by atoms with Crippen LogP contribution in [0.5, 0.6) is 0 Å². The number of hydroxylamine groups is 2. The van der Waals surface area contributed by atoms with E-state index in [0.717, 1.165) is 0 Å². The zero-order valence-electron chi connectivity index (χ0n) is 12.4. The highest BCUT2D eigenvalue weighted by Gasteiger charge is 2.33. The van der Waals surface area contributed by atoms with E-state index in [0.29, 0.717) is 21.9 Å². The number of imide groups is 1. The van der Waals surface area contributed by atoms with Crippen molar-refractivity contribution >= 4 is 28.4 Å². The molecule has 1 aliphatic rings. The van der Waals surface area contributed by atoms with Crippen LogP contribution in [-0.2, 0) is 0 Å². The summed E-state index contributed by atoms with van der Waals surface area (Å²) in [6, 6.07) is 16.7. The zero-order chi connectivity index (χ0) is 16.8. The molecule has 5 nitrogen and oxygen atoms in total. The maximum Gasteiger partial charge on any atom is 0.285 e. The Hall–Kier alpha value is -3.31. The minimum Gasteiger partial charge on any atom is -0.289 e. The normalized spacial score (nSPS) is 13.5. The third-order valence-corrected chi connectivity index (χ3v) is 4.17. The predicted molar refractivity (Wildman–Crippen MR) is 86.1 cm³/mol. The van der Waals surface area contributed by atoms with Crippen molar-refractivity contribution in [2.24, 2.45) is 0 Å². The molecule has 0 spiro atoms. The maximum atomic E-state index is 12.8. The summed E-state index contributed by atoms with van der Waals surface area (Å²) in [5, 5.41) is 10.7. The van der Waals surface area contributed by atoms with Gasteiger partial charge in [0.2, 0.25) is 0 Å². The van der Waals surface area contributed by atoms with E-state index in [-0.39, 0.29) is 22.0 Å². The van der Waals surface area contributed by atoms with Crippen molar-refractivity contribution in [1.82, 2.24) is 5.06 Å². The van der Waals surface area contributed by atoms with Crippen molar-refractivity contribution in [3.05, 3.63) is 82.9 Å². The minimum absolute atomic E-state index is 0.107. The number of amides is 2. The lowest BCUT2D eigenvalue weighted by Crippen LogP contribution is -2.37. The van der Waals surface area contributed by atoms with Crippen molar-refractivity contribution in [3.8, 4) is 0 Å². The maximum absolute atomic E-state index is 12.8. The first-order valence-electron chi connectivity index (χ1n) is 7.32. The third kappa shape index (κ3) is 1.89. The highest BCUT2D eigenvalue weighted by atomic mass is 16.5. The number of hydrogen-bond donors (Lipinski definition) is 1. The Labute approximate surface area is 136 Å². The Morgan fingerprint density at radius 3 is 2.17 bits per heavy atom. The lowest BCUT2D eigenvalue weighted by Gasteiger charge is -2.22. The summed E-state index contributed by atoms with van der Waals surface area (Å²) < 4.78 is 0. The fourth-order valence-corrected chi connectivity index (χ4v) is 3.03. The van der Waals surface area contributed by atoms with E-state index in [1.165, 1.54) is 12.1 Å². The SMILES string of the molecule is O=C(c1ccccc1)c1ccc2c3c(cccc13)C(=O)N(O)C2=O. The quantitative estimate of drug-likeness (QED) is 0.448. The van der Waals surface area contributed by atoms with Gasteiger partial charge in [-0.05, 0) is 23.6 Å². The van der Waals surface area contributed by atoms with Gasteiger partial charge < -0.3 is 0 Å². The zero-order valence-corrected chi connectivity index (χ0v) is 12.4. The molecule has 0 unspecified atom stereocenters. The molecule has 116 valence electrons. The van der Waals surface area contributed by atoms with E-state index < -0.39 is 11.8 Å². The molecule has 3 aromatic rings. The summed E-state index contributed by atoms with van der Waals surface area (Å²) in [7, 11) is 0. The van der Waals surface area contributed by atoms with Crippen LogP contribution in [0, 0.1) is 0 Å². The Kier molecular flexibility index (Phi) is 3.04. The number of carbonyl (C=O) groups excluding carboxylic acids is 3. The molecular formula is C19H11NO4. The molecule has 0 atom stereocenters. The van der Waals surface area contributed by atoms with Crippen molar-refractivity contribution in [1.29, 1.82) is 0 Å². The van der Waals surface area contributed by atoms with Crippen molar-refractivity contribution in [2.75, 3.05) is 0 Å². The van der Waals surface area contributed by atoms with Gasteiger partial charge in [-0.3, -0.25) is 19.6 Å². The van der Waals surface area contributed by atoms with E-state index >= 15 is 0 Å². The van der Waals surface area contributed by atoms with Crippen LogP contribution >= 0.6 is 0 Å². The molecule has 4 rings (SSSR count). The van der Waals surface area contributed by atoms with Crippen LogP contribution in [0.25, 0.3) is 10.8 Å². The van der Waals surface area contributed by atoms with E-state index in [4.69, 9.17) is 0 Å². The third-order valence-electron chi connectivity index (χ3n) is 4.17. The molecular weight excluding hydrogens is 306 g/mol. The van der Waals surface area contributed by atoms with Crippen LogP contribution in [0.4, 0.5) is 0 Å². The average molecular weight is 317 g/mol. The van der Waals surface area contributed by atoms with Gasteiger partial charge in [0.05, 0.1) is 11.1 Å². The van der Waals surface area contributed by atoms with Crippen LogP contribution in [0.15, 0.2) is 60.7 Å². The first kappa shape index (κ1) is 14.3. The fraction of sp³-hybridized carbons (Fsp3) is 0. The van der Waals surface area contributed by atoms with Crippen LogP contribution in [0.3, 0.4) is 0 Å². The van der Waals surface area contributed by atoms with Gasteiger partial charge in [-0.25, -0.2) is 0 Å². The molecule has 0 saturated heterocycles. The molecule has 5 heteroatoms. The average Bonchev–Trinajstić information content (AvgIpc) is 2.64. The van der Waals surface area contributed by atoms with Gasteiger partial charge in [0.1, 0.15) is 0 Å². The number of rotatable bonds is 2. The second-order valence-corrected chi connectivity index (χ2v) is 5.51. The molecule has 24 heavy (non-hydrogen) atoms. The van der Waals surface area contributed by atoms with Gasteiger partial charge in [0.25, 0.3) is 11.8 Å². The first-order valence-corrected chi connectivity index (χ1v) is 7.32. The highest BCUT2D eigenvalue weighted by molar-refractivity contribution is 6.28. The molecule has 0 fully saturated rings. The van der Waals surface area contributed by atoms with Crippen molar-refractivity contribution in [3.63, 3.8) is 0 Å². The summed E-state index contributed by atoms with van der Waals surface area (Å²) in [4.78, 5) is 37.1. The number of ketones is 1. The number of hydrogen-bond acceptors (Lipinski definition) is 4. The predicted octanol–water partition coefficient (Wildman–Crippen LogP) is 3.06. The van der Waals surface area contributed by atoms with Crippen LogP contribution in [-0.4, -0.2) is 27.9 Å². The fourth-order valence-electron chi connectivity index (χ4n) is 3.03. The van der Waals surface area contributed by atoms with Gasteiger partial charge in [-0.15, -0.1) is 5.06 Å². The Morgan fingerprint density at radius 2 is 1.46 bits per heavy atom.